The van der Waals surface area contributed by atoms with Crippen molar-refractivity contribution in [3.63, 3.8) is 0 Å². The maximum Gasteiger partial charge on any atom is 0.228 e. The zero-order chi connectivity index (χ0) is 22.6. The second kappa shape index (κ2) is 9.71. The zero-order valence-electron chi connectivity index (χ0n) is 19.2. The van der Waals surface area contributed by atoms with Crippen molar-refractivity contribution in [1.82, 2.24) is 14.7 Å². The van der Waals surface area contributed by atoms with Crippen LogP contribution in [0.1, 0.15) is 45.6 Å². The van der Waals surface area contributed by atoms with E-state index < -0.39 is 0 Å². The van der Waals surface area contributed by atoms with Gasteiger partial charge in [-0.05, 0) is 45.7 Å². The molecule has 170 valence electrons. The lowest BCUT2D eigenvalue weighted by Crippen LogP contribution is -2.52. The minimum Gasteiger partial charge on any atom is -0.493 e. The van der Waals surface area contributed by atoms with Crippen LogP contribution in [0.4, 0.5) is 0 Å². The summed E-state index contributed by atoms with van der Waals surface area (Å²) in [6.07, 6.45) is 1.40. The molecule has 0 aliphatic carbocycles. The Morgan fingerprint density at radius 3 is 2.32 bits per heavy atom. The molecule has 1 aromatic carbocycles. The molecular weight excluding hydrogens is 394 g/mol. The molecule has 1 atom stereocenters. The van der Waals surface area contributed by atoms with Crippen molar-refractivity contribution < 1.29 is 19.1 Å². The SMILES string of the molecule is Cc1ccccc1OCCCC(=O)N1CCN(C(=O)C2CC(=O)N(C(C)(C)C)C2)CC1. The Hall–Kier alpha value is -2.57. The summed E-state index contributed by atoms with van der Waals surface area (Å²) in [6, 6.07) is 7.85. The third-order valence-corrected chi connectivity index (χ3v) is 6.11. The molecular formula is C24H35N3O4. The molecule has 0 saturated carbocycles. The van der Waals surface area contributed by atoms with Crippen LogP contribution in [-0.4, -0.2) is 77.3 Å². The van der Waals surface area contributed by atoms with Crippen molar-refractivity contribution in [2.24, 2.45) is 5.92 Å². The van der Waals surface area contributed by atoms with Gasteiger partial charge in [0.2, 0.25) is 17.7 Å². The Morgan fingerprint density at radius 2 is 1.71 bits per heavy atom. The van der Waals surface area contributed by atoms with Crippen LogP contribution in [0.3, 0.4) is 0 Å². The number of aryl methyl sites for hydroxylation is 1. The van der Waals surface area contributed by atoms with E-state index in [1.54, 1.807) is 4.90 Å². The first-order valence-corrected chi connectivity index (χ1v) is 11.2. The van der Waals surface area contributed by atoms with Crippen molar-refractivity contribution in [2.75, 3.05) is 39.3 Å². The van der Waals surface area contributed by atoms with E-state index in [2.05, 4.69) is 0 Å². The summed E-state index contributed by atoms with van der Waals surface area (Å²) >= 11 is 0. The monoisotopic (exact) mass is 429 g/mol. The van der Waals surface area contributed by atoms with E-state index in [1.807, 2.05) is 61.8 Å². The average Bonchev–Trinajstić information content (AvgIpc) is 3.14. The molecule has 2 aliphatic rings. The fraction of sp³-hybridized carbons (Fsp3) is 0.625. The maximum atomic E-state index is 12.9. The van der Waals surface area contributed by atoms with E-state index in [0.717, 1.165) is 11.3 Å². The summed E-state index contributed by atoms with van der Waals surface area (Å²) in [6.45, 7) is 11.1. The van der Waals surface area contributed by atoms with Gasteiger partial charge in [0, 0.05) is 51.1 Å². The number of carbonyl (C=O) groups excluding carboxylic acids is 3. The standard InChI is InChI=1S/C24H35N3O4/c1-18-8-5-6-9-20(18)31-15-7-10-21(28)25-11-13-26(14-12-25)23(30)19-16-22(29)27(17-19)24(2,3)4/h5-6,8-9,19H,7,10-17H2,1-4H3. The van der Waals surface area contributed by atoms with E-state index in [9.17, 15) is 14.4 Å². The van der Waals surface area contributed by atoms with Gasteiger partial charge in [0.25, 0.3) is 0 Å². The smallest absolute Gasteiger partial charge is 0.228 e. The number of hydrogen-bond donors (Lipinski definition) is 0. The molecule has 3 amide bonds. The number of ether oxygens (including phenoxy) is 1. The van der Waals surface area contributed by atoms with Crippen molar-refractivity contribution in [2.45, 2.75) is 52.5 Å². The molecule has 2 fully saturated rings. The molecule has 7 nitrogen and oxygen atoms in total. The molecule has 2 heterocycles. The van der Waals surface area contributed by atoms with Crippen LogP contribution in [0.5, 0.6) is 5.75 Å². The number of benzene rings is 1. The fourth-order valence-corrected chi connectivity index (χ4v) is 4.24. The van der Waals surface area contributed by atoms with Crippen LogP contribution in [0.25, 0.3) is 0 Å². The minimum absolute atomic E-state index is 0.0406. The molecule has 3 rings (SSSR count). The summed E-state index contributed by atoms with van der Waals surface area (Å²) in [7, 11) is 0. The first-order valence-electron chi connectivity index (χ1n) is 11.2. The Labute approximate surface area is 185 Å². The highest BCUT2D eigenvalue weighted by atomic mass is 16.5. The molecule has 1 aromatic rings. The van der Waals surface area contributed by atoms with Crippen LogP contribution >= 0.6 is 0 Å². The Kier molecular flexibility index (Phi) is 7.23. The normalized spacial score (nSPS) is 19.7. The van der Waals surface area contributed by atoms with Gasteiger partial charge < -0.3 is 19.4 Å². The van der Waals surface area contributed by atoms with Crippen molar-refractivity contribution in [3.05, 3.63) is 29.8 Å². The second-order valence-electron chi connectivity index (χ2n) is 9.50. The number of likely N-dealkylation sites (tertiary alicyclic amines) is 1. The van der Waals surface area contributed by atoms with Gasteiger partial charge in [-0.2, -0.15) is 0 Å². The summed E-state index contributed by atoms with van der Waals surface area (Å²) < 4.78 is 5.77. The number of hydrogen-bond acceptors (Lipinski definition) is 4. The minimum atomic E-state index is -0.271. The number of amides is 3. The van der Waals surface area contributed by atoms with Gasteiger partial charge in [0.1, 0.15) is 5.75 Å². The molecule has 0 spiro atoms. The average molecular weight is 430 g/mol. The van der Waals surface area contributed by atoms with E-state index >= 15 is 0 Å². The van der Waals surface area contributed by atoms with Gasteiger partial charge in [-0.25, -0.2) is 0 Å². The molecule has 2 saturated heterocycles. The largest absolute Gasteiger partial charge is 0.493 e. The Bertz CT molecular complexity index is 809. The van der Waals surface area contributed by atoms with Gasteiger partial charge in [0.15, 0.2) is 0 Å². The van der Waals surface area contributed by atoms with Gasteiger partial charge >= 0.3 is 0 Å². The highest BCUT2D eigenvalue weighted by Gasteiger charge is 2.41. The first kappa shape index (κ1) is 23.1. The highest BCUT2D eigenvalue weighted by Crippen LogP contribution is 2.27. The quantitative estimate of drug-likeness (QED) is 0.652. The van der Waals surface area contributed by atoms with E-state index in [1.165, 1.54) is 0 Å². The third kappa shape index (κ3) is 5.77. The summed E-state index contributed by atoms with van der Waals surface area (Å²) in [5.74, 6) is 0.784. The van der Waals surface area contributed by atoms with E-state index in [0.29, 0.717) is 52.2 Å². The van der Waals surface area contributed by atoms with Crippen LogP contribution < -0.4 is 4.74 Å². The van der Waals surface area contributed by atoms with Crippen molar-refractivity contribution in [1.29, 1.82) is 0 Å². The Balaban J connectivity index is 1.39. The first-order chi connectivity index (χ1) is 14.7. The number of rotatable bonds is 6. The number of para-hydroxylation sites is 1. The summed E-state index contributed by atoms with van der Waals surface area (Å²) in [5.41, 5.74) is 0.823. The van der Waals surface area contributed by atoms with Crippen LogP contribution in [0, 0.1) is 12.8 Å². The fourth-order valence-electron chi connectivity index (χ4n) is 4.24. The topological polar surface area (TPSA) is 70.2 Å². The maximum absolute atomic E-state index is 12.9. The van der Waals surface area contributed by atoms with Crippen LogP contribution in [0.15, 0.2) is 24.3 Å². The molecule has 0 aromatic heterocycles. The van der Waals surface area contributed by atoms with E-state index in [-0.39, 0.29) is 35.6 Å². The van der Waals surface area contributed by atoms with Crippen molar-refractivity contribution >= 4 is 17.7 Å². The lowest BCUT2D eigenvalue weighted by atomic mass is 10.1. The zero-order valence-corrected chi connectivity index (χ0v) is 19.2. The molecule has 1 unspecified atom stereocenters. The highest BCUT2D eigenvalue weighted by molar-refractivity contribution is 5.89. The molecule has 0 bridgehead atoms. The van der Waals surface area contributed by atoms with Crippen LogP contribution in [0.2, 0.25) is 0 Å². The van der Waals surface area contributed by atoms with Gasteiger partial charge in [-0.3, -0.25) is 14.4 Å². The number of nitrogens with zero attached hydrogens (tertiary/aromatic N) is 3. The second-order valence-corrected chi connectivity index (χ2v) is 9.50. The molecule has 0 radical (unpaired) electrons. The summed E-state index contributed by atoms with van der Waals surface area (Å²) in [5, 5.41) is 0. The lowest BCUT2D eigenvalue weighted by Gasteiger charge is -2.36. The number of carbonyl (C=O) groups is 3. The molecule has 31 heavy (non-hydrogen) atoms. The molecule has 0 N–H and O–H groups in total. The van der Waals surface area contributed by atoms with E-state index in [4.69, 9.17) is 4.74 Å². The summed E-state index contributed by atoms with van der Waals surface area (Å²) in [4.78, 5) is 43.1. The van der Waals surface area contributed by atoms with Gasteiger partial charge in [0.05, 0.1) is 12.5 Å². The predicted octanol–water partition coefficient (Wildman–Crippen LogP) is 2.47. The predicted molar refractivity (Wildman–Crippen MR) is 119 cm³/mol. The van der Waals surface area contributed by atoms with Gasteiger partial charge in [-0.1, -0.05) is 18.2 Å². The lowest BCUT2D eigenvalue weighted by molar-refractivity contribution is -0.142. The van der Waals surface area contributed by atoms with Crippen molar-refractivity contribution in [3.8, 4) is 5.75 Å². The van der Waals surface area contributed by atoms with Gasteiger partial charge in [-0.15, -0.1) is 0 Å². The van der Waals surface area contributed by atoms with Crippen LogP contribution in [-0.2, 0) is 14.4 Å². The number of piperazine rings is 1. The molecule has 2 aliphatic heterocycles. The molecule has 7 heteroatoms. The third-order valence-electron chi connectivity index (χ3n) is 6.11. The Morgan fingerprint density at radius 1 is 1.06 bits per heavy atom.